The Balaban J connectivity index is 2.66. The molecule has 4 heteroatoms. The number of nitrogens with zero attached hydrogens (tertiary/aromatic N) is 2. The first-order valence-corrected chi connectivity index (χ1v) is 5.43. The van der Waals surface area contributed by atoms with Crippen molar-refractivity contribution in [3.63, 3.8) is 0 Å². The molecule has 0 bridgehead atoms. The number of aliphatic hydroxyl groups excluding tert-OH is 1. The van der Waals surface area contributed by atoms with E-state index in [1.165, 1.54) is 0 Å². The van der Waals surface area contributed by atoms with Gasteiger partial charge in [0.25, 0.3) is 5.56 Å². The fourth-order valence-electron chi connectivity index (χ4n) is 2.17. The van der Waals surface area contributed by atoms with Crippen LogP contribution in [-0.4, -0.2) is 14.7 Å². The Bertz CT molecular complexity index is 437. The maximum absolute atomic E-state index is 12.0. The van der Waals surface area contributed by atoms with Crippen LogP contribution < -0.4 is 5.56 Å². The molecule has 82 valence electrons. The van der Waals surface area contributed by atoms with E-state index in [1.807, 2.05) is 13.8 Å². The smallest absolute Gasteiger partial charge is 0.256 e. The molecule has 1 aliphatic rings. The van der Waals surface area contributed by atoms with Gasteiger partial charge in [-0.15, -0.1) is 0 Å². The molecule has 1 N–H and O–H groups in total. The zero-order valence-electron chi connectivity index (χ0n) is 9.16. The molecule has 15 heavy (non-hydrogen) atoms. The SMILES string of the molecule is CCc1c(C)nc2n(c1=O)CCC[C@H]2O. The van der Waals surface area contributed by atoms with Crippen LogP contribution >= 0.6 is 0 Å². The quantitative estimate of drug-likeness (QED) is 0.747. The van der Waals surface area contributed by atoms with Gasteiger partial charge in [-0.25, -0.2) is 4.98 Å². The maximum Gasteiger partial charge on any atom is 0.256 e. The molecule has 0 spiro atoms. The largest absolute Gasteiger partial charge is 0.385 e. The van der Waals surface area contributed by atoms with Gasteiger partial charge in [-0.3, -0.25) is 9.36 Å². The molecule has 0 radical (unpaired) electrons. The van der Waals surface area contributed by atoms with Gasteiger partial charge in [0, 0.05) is 17.8 Å². The Hall–Kier alpha value is -1.16. The van der Waals surface area contributed by atoms with E-state index in [4.69, 9.17) is 0 Å². The summed E-state index contributed by atoms with van der Waals surface area (Å²) in [5, 5.41) is 9.75. The van der Waals surface area contributed by atoms with Crippen LogP contribution in [0.25, 0.3) is 0 Å². The number of hydrogen-bond donors (Lipinski definition) is 1. The van der Waals surface area contributed by atoms with Crippen LogP contribution in [0.4, 0.5) is 0 Å². The number of aryl methyl sites for hydroxylation is 1. The lowest BCUT2D eigenvalue weighted by molar-refractivity contribution is 0.130. The van der Waals surface area contributed by atoms with E-state index in [2.05, 4.69) is 4.98 Å². The van der Waals surface area contributed by atoms with Crippen LogP contribution in [0.5, 0.6) is 0 Å². The first-order valence-electron chi connectivity index (χ1n) is 5.43. The number of fused-ring (bicyclic) bond motifs is 1. The Morgan fingerprint density at radius 1 is 1.60 bits per heavy atom. The number of hydrogen-bond acceptors (Lipinski definition) is 3. The molecule has 1 aromatic heterocycles. The van der Waals surface area contributed by atoms with Crippen LogP contribution in [0.1, 0.15) is 43.0 Å². The van der Waals surface area contributed by atoms with Gasteiger partial charge in [0.15, 0.2) is 0 Å². The number of aliphatic hydroxyl groups is 1. The highest BCUT2D eigenvalue weighted by Gasteiger charge is 2.22. The Kier molecular flexibility index (Phi) is 2.61. The molecule has 2 rings (SSSR count). The van der Waals surface area contributed by atoms with Crippen molar-refractivity contribution in [1.82, 2.24) is 9.55 Å². The molecule has 0 amide bonds. The normalized spacial score (nSPS) is 20.1. The molecular weight excluding hydrogens is 192 g/mol. The standard InChI is InChI=1S/C11H16N2O2/c1-3-8-7(2)12-10-9(14)5-4-6-13(10)11(8)15/h9,14H,3-6H2,1-2H3/t9-/m1/s1. The van der Waals surface area contributed by atoms with E-state index in [1.54, 1.807) is 4.57 Å². The summed E-state index contributed by atoms with van der Waals surface area (Å²) in [6.45, 7) is 4.48. The van der Waals surface area contributed by atoms with Gasteiger partial charge in [0.2, 0.25) is 0 Å². The molecule has 1 aliphatic heterocycles. The van der Waals surface area contributed by atoms with Crippen LogP contribution in [0.15, 0.2) is 4.79 Å². The van der Waals surface area contributed by atoms with Crippen molar-refractivity contribution < 1.29 is 5.11 Å². The van der Waals surface area contributed by atoms with Crippen LogP contribution in [0.3, 0.4) is 0 Å². The highest BCUT2D eigenvalue weighted by atomic mass is 16.3. The van der Waals surface area contributed by atoms with Crippen molar-refractivity contribution in [2.75, 3.05) is 0 Å². The molecule has 0 aliphatic carbocycles. The highest BCUT2D eigenvalue weighted by Crippen LogP contribution is 2.21. The predicted octanol–water partition coefficient (Wildman–Crippen LogP) is 0.941. The third-order valence-electron chi connectivity index (χ3n) is 3.01. The molecule has 2 heterocycles. The summed E-state index contributed by atoms with van der Waals surface area (Å²) in [5.41, 5.74) is 1.56. The van der Waals surface area contributed by atoms with Crippen molar-refractivity contribution in [3.05, 3.63) is 27.4 Å². The summed E-state index contributed by atoms with van der Waals surface area (Å²) in [5.74, 6) is 0.543. The Morgan fingerprint density at radius 3 is 3.00 bits per heavy atom. The van der Waals surface area contributed by atoms with Crippen LogP contribution in [-0.2, 0) is 13.0 Å². The monoisotopic (exact) mass is 208 g/mol. The van der Waals surface area contributed by atoms with Crippen molar-refractivity contribution in [3.8, 4) is 0 Å². The van der Waals surface area contributed by atoms with E-state index < -0.39 is 6.10 Å². The molecule has 0 aromatic carbocycles. The summed E-state index contributed by atoms with van der Waals surface area (Å²) < 4.78 is 1.62. The highest BCUT2D eigenvalue weighted by molar-refractivity contribution is 5.19. The van der Waals surface area contributed by atoms with E-state index in [-0.39, 0.29) is 5.56 Å². The van der Waals surface area contributed by atoms with E-state index in [9.17, 15) is 9.90 Å². The predicted molar refractivity (Wildman–Crippen MR) is 56.8 cm³/mol. The lowest BCUT2D eigenvalue weighted by Crippen LogP contribution is -2.33. The second-order valence-corrected chi connectivity index (χ2v) is 4.00. The second-order valence-electron chi connectivity index (χ2n) is 4.00. The fourth-order valence-corrected chi connectivity index (χ4v) is 2.17. The third-order valence-corrected chi connectivity index (χ3v) is 3.01. The molecule has 0 unspecified atom stereocenters. The van der Waals surface area contributed by atoms with Gasteiger partial charge >= 0.3 is 0 Å². The Labute approximate surface area is 88.6 Å². The topological polar surface area (TPSA) is 55.1 Å². The fraction of sp³-hybridized carbons (Fsp3) is 0.636. The third kappa shape index (κ3) is 1.59. The van der Waals surface area contributed by atoms with Crippen LogP contribution in [0.2, 0.25) is 0 Å². The van der Waals surface area contributed by atoms with Gasteiger partial charge in [-0.05, 0) is 26.2 Å². The summed E-state index contributed by atoms with van der Waals surface area (Å²) in [6, 6.07) is 0. The summed E-state index contributed by atoms with van der Waals surface area (Å²) in [7, 11) is 0. The molecule has 4 nitrogen and oxygen atoms in total. The average Bonchev–Trinajstić information content (AvgIpc) is 2.20. The van der Waals surface area contributed by atoms with E-state index >= 15 is 0 Å². The molecular formula is C11H16N2O2. The van der Waals surface area contributed by atoms with Crippen molar-refractivity contribution in [1.29, 1.82) is 0 Å². The molecule has 1 aromatic rings. The van der Waals surface area contributed by atoms with E-state index in [0.717, 1.165) is 17.7 Å². The maximum atomic E-state index is 12.0. The minimum absolute atomic E-state index is 0.0266. The van der Waals surface area contributed by atoms with E-state index in [0.29, 0.717) is 25.2 Å². The van der Waals surface area contributed by atoms with Crippen molar-refractivity contribution in [2.45, 2.75) is 45.8 Å². The zero-order chi connectivity index (χ0) is 11.0. The molecule has 1 atom stereocenters. The number of rotatable bonds is 1. The number of aromatic nitrogens is 2. The first-order chi connectivity index (χ1) is 7.15. The van der Waals surface area contributed by atoms with Gasteiger partial charge < -0.3 is 5.11 Å². The summed E-state index contributed by atoms with van der Waals surface area (Å²) in [6.07, 6.45) is 1.68. The van der Waals surface area contributed by atoms with Crippen molar-refractivity contribution >= 4 is 0 Å². The molecule has 0 saturated carbocycles. The zero-order valence-corrected chi connectivity index (χ0v) is 9.16. The minimum atomic E-state index is -0.573. The van der Waals surface area contributed by atoms with Gasteiger partial charge in [0.1, 0.15) is 11.9 Å². The lowest BCUT2D eigenvalue weighted by Gasteiger charge is -2.23. The van der Waals surface area contributed by atoms with Gasteiger partial charge in [0.05, 0.1) is 0 Å². The second kappa shape index (κ2) is 3.77. The summed E-state index contributed by atoms with van der Waals surface area (Å²) >= 11 is 0. The molecule has 0 saturated heterocycles. The van der Waals surface area contributed by atoms with Gasteiger partial charge in [-0.2, -0.15) is 0 Å². The average molecular weight is 208 g/mol. The minimum Gasteiger partial charge on any atom is -0.385 e. The molecule has 0 fully saturated rings. The Morgan fingerprint density at radius 2 is 2.33 bits per heavy atom. The van der Waals surface area contributed by atoms with Crippen molar-refractivity contribution in [2.24, 2.45) is 0 Å². The van der Waals surface area contributed by atoms with Crippen LogP contribution in [0, 0.1) is 6.92 Å². The van der Waals surface area contributed by atoms with Gasteiger partial charge in [-0.1, -0.05) is 6.92 Å². The first kappa shape index (κ1) is 10.4. The summed E-state index contributed by atoms with van der Waals surface area (Å²) in [4.78, 5) is 16.4. The lowest BCUT2D eigenvalue weighted by atomic mass is 10.1.